The van der Waals surface area contributed by atoms with Crippen LogP contribution >= 0.6 is 0 Å². The van der Waals surface area contributed by atoms with Crippen LogP contribution in [0.25, 0.3) is 11.0 Å². The van der Waals surface area contributed by atoms with E-state index in [1.54, 1.807) is 29.7 Å². The molecule has 3 rings (SSSR count). The Morgan fingerprint density at radius 3 is 2.47 bits per heavy atom. The number of carbonyl (C=O) groups excluding carboxylic acids is 2. The molecule has 0 unspecified atom stereocenters. The van der Waals surface area contributed by atoms with Crippen molar-refractivity contribution in [2.75, 3.05) is 6.61 Å². The number of ether oxygens (including phenoxy) is 1. The Balaban J connectivity index is 1.75. The lowest BCUT2D eigenvalue weighted by Gasteiger charge is -2.11. The fourth-order valence-electron chi connectivity index (χ4n) is 3.92. The Morgan fingerprint density at radius 1 is 1.09 bits per heavy atom. The van der Waals surface area contributed by atoms with Gasteiger partial charge in [0, 0.05) is 30.0 Å². The monoisotopic (exact) mass is 437 g/mol. The van der Waals surface area contributed by atoms with Gasteiger partial charge in [-0.3, -0.25) is 9.59 Å². The molecule has 0 spiro atoms. The van der Waals surface area contributed by atoms with Crippen LogP contribution in [0.4, 0.5) is 0 Å². The highest BCUT2D eigenvalue weighted by Gasteiger charge is 2.19. The van der Waals surface area contributed by atoms with Gasteiger partial charge in [-0.05, 0) is 64.3 Å². The number of aryl methyl sites for hydroxylation is 3. The first kappa shape index (κ1) is 23.4. The van der Waals surface area contributed by atoms with Gasteiger partial charge in [-0.2, -0.15) is 0 Å². The third-order valence-corrected chi connectivity index (χ3v) is 5.80. The summed E-state index contributed by atoms with van der Waals surface area (Å²) in [6.45, 7) is 12.8. The molecule has 3 aromatic rings. The molecule has 0 aliphatic carbocycles. The van der Waals surface area contributed by atoms with Crippen molar-refractivity contribution < 1.29 is 14.3 Å². The van der Waals surface area contributed by atoms with Crippen molar-refractivity contribution in [3.8, 4) is 0 Å². The van der Waals surface area contributed by atoms with E-state index in [9.17, 15) is 14.4 Å². The van der Waals surface area contributed by atoms with Gasteiger partial charge in [0.15, 0.2) is 6.61 Å². The van der Waals surface area contributed by atoms with Gasteiger partial charge in [0.25, 0.3) is 5.56 Å². The topological polar surface area (TPSA) is 83.2 Å². The third kappa shape index (κ3) is 4.66. The first-order chi connectivity index (χ1) is 15.1. The molecular weight excluding hydrogens is 406 g/mol. The van der Waals surface area contributed by atoms with Crippen LogP contribution in [-0.2, 0) is 17.8 Å². The highest BCUT2D eigenvalue weighted by Crippen LogP contribution is 2.19. The maximum atomic E-state index is 12.7. The summed E-state index contributed by atoms with van der Waals surface area (Å²) in [7, 11) is 0. The molecule has 0 atom stereocenters. The zero-order valence-corrected chi connectivity index (χ0v) is 19.7. The van der Waals surface area contributed by atoms with Crippen LogP contribution in [0.15, 0.2) is 29.1 Å². The van der Waals surface area contributed by atoms with Crippen molar-refractivity contribution >= 4 is 22.8 Å². The van der Waals surface area contributed by atoms with Gasteiger partial charge in [0.2, 0.25) is 5.78 Å². The lowest BCUT2D eigenvalue weighted by molar-refractivity contribution is 0.0474. The standard InChI is InChI=1S/C25H31N3O4/c1-7-27-22-9-8-19(13-21(22)26-17(5)24(27)30)25(31)32-14-23(29)20-12-16(4)28(18(20)6)11-10-15(2)3/h8-9,12-13,15H,7,10-11,14H2,1-6H3. The minimum absolute atomic E-state index is 0.146. The summed E-state index contributed by atoms with van der Waals surface area (Å²) in [6.07, 6.45) is 1.03. The fraction of sp³-hybridized carbons (Fsp3) is 0.440. The molecule has 0 saturated heterocycles. The van der Waals surface area contributed by atoms with E-state index in [0.29, 0.717) is 40.3 Å². The second-order valence-electron chi connectivity index (χ2n) is 8.57. The van der Waals surface area contributed by atoms with E-state index in [-0.39, 0.29) is 17.9 Å². The molecule has 32 heavy (non-hydrogen) atoms. The van der Waals surface area contributed by atoms with Gasteiger partial charge in [-0.25, -0.2) is 9.78 Å². The Morgan fingerprint density at radius 2 is 1.81 bits per heavy atom. The van der Waals surface area contributed by atoms with Gasteiger partial charge < -0.3 is 13.9 Å². The molecule has 7 nitrogen and oxygen atoms in total. The highest BCUT2D eigenvalue weighted by atomic mass is 16.5. The number of carbonyl (C=O) groups is 2. The molecule has 0 aliphatic rings. The van der Waals surface area contributed by atoms with E-state index >= 15 is 0 Å². The largest absolute Gasteiger partial charge is 0.454 e. The van der Waals surface area contributed by atoms with Crippen LogP contribution in [-0.4, -0.2) is 32.5 Å². The number of hydrogen-bond acceptors (Lipinski definition) is 5. The van der Waals surface area contributed by atoms with Crippen molar-refractivity contribution in [2.24, 2.45) is 5.92 Å². The number of rotatable bonds is 8. The van der Waals surface area contributed by atoms with Crippen LogP contribution in [0.3, 0.4) is 0 Å². The van der Waals surface area contributed by atoms with Crippen molar-refractivity contribution in [3.63, 3.8) is 0 Å². The summed E-state index contributed by atoms with van der Waals surface area (Å²) in [5.41, 5.74) is 4.22. The van der Waals surface area contributed by atoms with Crippen LogP contribution in [0.1, 0.15) is 65.0 Å². The molecule has 0 amide bonds. The highest BCUT2D eigenvalue weighted by molar-refractivity contribution is 6.01. The van der Waals surface area contributed by atoms with Crippen molar-refractivity contribution in [1.82, 2.24) is 14.1 Å². The third-order valence-electron chi connectivity index (χ3n) is 5.80. The van der Waals surface area contributed by atoms with Gasteiger partial charge in [0.05, 0.1) is 16.6 Å². The second-order valence-corrected chi connectivity index (χ2v) is 8.57. The van der Waals surface area contributed by atoms with Crippen LogP contribution in [0, 0.1) is 26.7 Å². The zero-order valence-electron chi connectivity index (χ0n) is 19.7. The lowest BCUT2D eigenvalue weighted by atomic mass is 10.1. The Labute approximate surface area is 188 Å². The predicted molar refractivity (Wildman–Crippen MR) is 124 cm³/mol. The van der Waals surface area contributed by atoms with E-state index in [1.807, 2.05) is 26.8 Å². The SMILES string of the molecule is CCn1c(=O)c(C)nc2cc(C(=O)OCC(=O)c3cc(C)n(CCC(C)C)c3C)ccc21. The van der Waals surface area contributed by atoms with Gasteiger partial charge in [-0.1, -0.05) is 13.8 Å². The normalized spacial score (nSPS) is 11.3. The summed E-state index contributed by atoms with van der Waals surface area (Å²) in [5.74, 6) is -0.247. The minimum atomic E-state index is -0.595. The molecule has 2 aromatic heterocycles. The summed E-state index contributed by atoms with van der Waals surface area (Å²) >= 11 is 0. The van der Waals surface area contributed by atoms with Gasteiger partial charge in [-0.15, -0.1) is 0 Å². The number of ketones is 1. The molecule has 0 bridgehead atoms. The molecule has 0 aliphatic heterocycles. The maximum Gasteiger partial charge on any atom is 0.338 e. The molecule has 170 valence electrons. The first-order valence-corrected chi connectivity index (χ1v) is 11.0. The van der Waals surface area contributed by atoms with Gasteiger partial charge >= 0.3 is 5.97 Å². The molecule has 0 N–H and O–H groups in total. The number of fused-ring (bicyclic) bond motifs is 1. The van der Waals surface area contributed by atoms with E-state index in [1.165, 1.54) is 0 Å². The summed E-state index contributed by atoms with van der Waals surface area (Å²) < 4.78 is 9.07. The Hall–Kier alpha value is -3.22. The molecule has 1 aromatic carbocycles. The second kappa shape index (κ2) is 9.51. The number of Topliss-reactive ketones (excluding diaryl/α,β-unsaturated/α-hetero) is 1. The van der Waals surface area contributed by atoms with Gasteiger partial charge in [0.1, 0.15) is 5.69 Å². The number of hydrogen-bond donors (Lipinski definition) is 0. The van der Waals surface area contributed by atoms with Crippen LogP contribution in [0.2, 0.25) is 0 Å². The molecule has 7 heteroatoms. The Bertz CT molecular complexity index is 1230. The number of aromatic nitrogens is 3. The number of benzene rings is 1. The average molecular weight is 438 g/mol. The van der Waals surface area contributed by atoms with E-state index in [0.717, 1.165) is 24.4 Å². The molecular formula is C25H31N3O4. The fourth-order valence-corrected chi connectivity index (χ4v) is 3.92. The first-order valence-electron chi connectivity index (χ1n) is 11.0. The Kier molecular flexibility index (Phi) is 6.96. The molecule has 0 saturated carbocycles. The molecule has 2 heterocycles. The quantitative estimate of drug-likeness (QED) is 0.389. The van der Waals surface area contributed by atoms with Crippen molar-refractivity contribution in [1.29, 1.82) is 0 Å². The van der Waals surface area contributed by atoms with E-state index in [4.69, 9.17) is 4.74 Å². The smallest absolute Gasteiger partial charge is 0.338 e. The van der Waals surface area contributed by atoms with E-state index in [2.05, 4.69) is 23.4 Å². The summed E-state index contributed by atoms with van der Waals surface area (Å²) in [5, 5.41) is 0. The summed E-state index contributed by atoms with van der Waals surface area (Å²) in [6, 6.07) is 6.74. The summed E-state index contributed by atoms with van der Waals surface area (Å²) in [4.78, 5) is 41.9. The molecule has 0 radical (unpaired) electrons. The number of esters is 1. The van der Waals surface area contributed by atoms with Crippen molar-refractivity contribution in [3.05, 3.63) is 62.8 Å². The van der Waals surface area contributed by atoms with E-state index < -0.39 is 5.97 Å². The molecule has 0 fully saturated rings. The van der Waals surface area contributed by atoms with Crippen molar-refractivity contribution in [2.45, 2.75) is 61.1 Å². The average Bonchev–Trinajstić information content (AvgIpc) is 3.04. The zero-order chi connectivity index (χ0) is 23.6. The predicted octanol–water partition coefficient (Wildman–Crippen LogP) is 4.23. The lowest BCUT2D eigenvalue weighted by Crippen LogP contribution is -2.23. The van der Waals surface area contributed by atoms with Crippen LogP contribution < -0.4 is 5.56 Å². The minimum Gasteiger partial charge on any atom is -0.454 e. The maximum absolute atomic E-state index is 12.7. The van der Waals surface area contributed by atoms with Crippen LogP contribution in [0.5, 0.6) is 0 Å². The number of nitrogens with zero attached hydrogens (tertiary/aromatic N) is 3.